The normalized spacial score (nSPS) is 23.9. The second-order valence-corrected chi connectivity index (χ2v) is 5.27. The van der Waals surface area contributed by atoms with Gasteiger partial charge in [-0.15, -0.1) is 0 Å². The second-order valence-electron chi connectivity index (χ2n) is 5.27. The zero-order valence-electron chi connectivity index (χ0n) is 11.7. The number of aliphatic hydroxyl groups is 2. The molecule has 1 aliphatic rings. The van der Waals surface area contributed by atoms with Crippen molar-refractivity contribution in [1.82, 2.24) is 4.90 Å². The summed E-state index contributed by atoms with van der Waals surface area (Å²) in [5.41, 5.74) is -0.817. The smallest absolute Gasteiger partial charge is 0.230 e. The van der Waals surface area contributed by atoms with Crippen molar-refractivity contribution in [2.24, 2.45) is 0 Å². The molecule has 0 aromatic heterocycles. The van der Waals surface area contributed by atoms with Gasteiger partial charge < -0.3 is 15.1 Å². The van der Waals surface area contributed by atoms with Crippen molar-refractivity contribution in [3.63, 3.8) is 0 Å². The van der Waals surface area contributed by atoms with Crippen LogP contribution < -0.4 is 0 Å². The van der Waals surface area contributed by atoms with E-state index in [1.807, 2.05) is 0 Å². The molecule has 0 fully saturated rings. The van der Waals surface area contributed by atoms with Gasteiger partial charge in [0, 0.05) is 19.5 Å². The van der Waals surface area contributed by atoms with E-state index in [0.717, 1.165) is 38.8 Å². The van der Waals surface area contributed by atoms with E-state index >= 15 is 0 Å². The van der Waals surface area contributed by atoms with Gasteiger partial charge in [-0.1, -0.05) is 26.7 Å². The average Bonchev–Trinajstić information content (AvgIpc) is 2.53. The molecule has 0 aromatic rings. The van der Waals surface area contributed by atoms with Crippen molar-refractivity contribution in [1.29, 1.82) is 0 Å². The van der Waals surface area contributed by atoms with Crippen molar-refractivity contribution < 1.29 is 15.0 Å². The maximum atomic E-state index is 11.7. The summed E-state index contributed by atoms with van der Waals surface area (Å²) in [4.78, 5) is 13.8. The third-order valence-electron chi connectivity index (χ3n) is 3.43. The predicted octanol–water partition coefficient (Wildman–Crippen LogP) is 2.38. The summed E-state index contributed by atoms with van der Waals surface area (Å²) in [6.07, 6.45) is 4.42. The molecule has 0 radical (unpaired) electrons. The molecule has 0 saturated carbocycles. The summed E-state index contributed by atoms with van der Waals surface area (Å²) < 4.78 is 0. The van der Waals surface area contributed by atoms with Crippen molar-refractivity contribution in [2.45, 2.75) is 58.5 Å². The van der Waals surface area contributed by atoms with E-state index in [0.29, 0.717) is 5.70 Å². The Hall–Kier alpha value is -1.03. The van der Waals surface area contributed by atoms with Gasteiger partial charge in [0.1, 0.15) is 5.60 Å². The largest absolute Gasteiger partial charge is 0.503 e. The zero-order chi connectivity index (χ0) is 13.8. The summed E-state index contributed by atoms with van der Waals surface area (Å²) >= 11 is 0. The molecule has 1 rings (SSSR count). The summed E-state index contributed by atoms with van der Waals surface area (Å²) in [5.74, 6) is -0.789. The lowest BCUT2D eigenvalue weighted by Gasteiger charge is -2.26. The van der Waals surface area contributed by atoms with Crippen LogP contribution in [0.3, 0.4) is 0 Å². The Kier molecular flexibility index (Phi) is 5.20. The minimum Gasteiger partial charge on any atom is -0.503 e. The van der Waals surface area contributed by atoms with Gasteiger partial charge in [-0.2, -0.15) is 0 Å². The summed E-state index contributed by atoms with van der Waals surface area (Å²) in [6, 6.07) is 0. The first-order valence-electron chi connectivity index (χ1n) is 6.88. The molecule has 104 valence electrons. The molecule has 0 aromatic carbocycles. The van der Waals surface area contributed by atoms with Gasteiger partial charge in [0.2, 0.25) is 5.78 Å². The molecule has 2 N–H and O–H groups in total. The number of unbranched alkanes of at least 4 members (excludes halogenated alkanes) is 2. The van der Waals surface area contributed by atoms with Gasteiger partial charge >= 0.3 is 0 Å². The number of hydrogen-bond donors (Lipinski definition) is 2. The molecule has 0 aliphatic heterocycles. The van der Waals surface area contributed by atoms with E-state index in [2.05, 4.69) is 18.7 Å². The van der Waals surface area contributed by atoms with Gasteiger partial charge in [-0.05, 0) is 19.8 Å². The van der Waals surface area contributed by atoms with Crippen LogP contribution >= 0.6 is 0 Å². The van der Waals surface area contributed by atoms with E-state index in [4.69, 9.17) is 0 Å². The first kappa shape index (κ1) is 15.0. The van der Waals surface area contributed by atoms with Crippen molar-refractivity contribution in [3.05, 3.63) is 11.5 Å². The van der Waals surface area contributed by atoms with Crippen LogP contribution in [0.25, 0.3) is 0 Å². The van der Waals surface area contributed by atoms with E-state index in [1.165, 1.54) is 6.92 Å². The number of hydrogen-bond acceptors (Lipinski definition) is 4. The molecule has 0 bridgehead atoms. The van der Waals surface area contributed by atoms with Gasteiger partial charge in [0.25, 0.3) is 0 Å². The van der Waals surface area contributed by atoms with E-state index in [1.54, 1.807) is 0 Å². The van der Waals surface area contributed by atoms with Crippen LogP contribution in [0.15, 0.2) is 11.5 Å². The third-order valence-corrected chi connectivity index (χ3v) is 3.43. The highest BCUT2D eigenvalue weighted by atomic mass is 16.3. The molecule has 18 heavy (non-hydrogen) atoms. The maximum Gasteiger partial charge on any atom is 0.230 e. The molecule has 0 saturated heterocycles. The SMILES string of the molecule is CCCCN(CCCC)C1=C(O)C(=O)C(C)(O)C1. The van der Waals surface area contributed by atoms with Crippen LogP contribution in [0.4, 0.5) is 0 Å². The fraction of sp³-hybridized carbons (Fsp3) is 0.786. The fourth-order valence-corrected chi connectivity index (χ4v) is 2.22. The second kappa shape index (κ2) is 6.23. The van der Waals surface area contributed by atoms with Gasteiger partial charge in [-0.25, -0.2) is 0 Å². The average molecular weight is 255 g/mol. The Labute approximate surface area is 109 Å². The zero-order valence-corrected chi connectivity index (χ0v) is 11.7. The highest BCUT2D eigenvalue weighted by Gasteiger charge is 2.43. The summed E-state index contributed by atoms with van der Waals surface area (Å²) in [5, 5.41) is 19.8. The summed E-state index contributed by atoms with van der Waals surface area (Å²) in [7, 11) is 0. The molecule has 1 atom stereocenters. The molecule has 4 nitrogen and oxygen atoms in total. The van der Waals surface area contributed by atoms with E-state index in [-0.39, 0.29) is 12.2 Å². The Balaban J connectivity index is 2.81. The minimum absolute atomic E-state index is 0.227. The van der Waals surface area contributed by atoms with Crippen molar-refractivity contribution >= 4 is 5.78 Å². The molecule has 0 amide bonds. The van der Waals surface area contributed by atoms with Gasteiger partial charge in [0.05, 0.1) is 5.70 Å². The molecule has 4 heteroatoms. The minimum atomic E-state index is -1.43. The quantitative estimate of drug-likeness (QED) is 0.733. The Morgan fingerprint density at radius 2 is 1.72 bits per heavy atom. The van der Waals surface area contributed by atoms with Crippen LogP contribution in [0.2, 0.25) is 0 Å². The first-order chi connectivity index (χ1) is 8.44. The van der Waals surface area contributed by atoms with Crippen molar-refractivity contribution in [3.8, 4) is 0 Å². The monoisotopic (exact) mass is 255 g/mol. The Bertz CT molecular complexity index is 326. The van der Waals surface area contributed by atoms with Crippen LogP contribution in [-0.4, -0.2) is 39.6 Å². The van der Waals surface area contributed by atoms with Crippen molar-refractivity contribution in [2.75, 3.05) is 13.1 Å². The highest BCUT2D eigenvalue weighted by Crippen LogP contribution is 2.32. The molecule has 1 aliphatic carbocycles. The molecular formula is C14H25NO3. The highest BCUT2D eigenvalue weighted by molar-refractivity contribution is 6.02. The topological polar surface area (TPSA) is 60.8 Å². The number of nitrogens with zero attached hydrogens (tertiary/aromatic N) is 1. The maximum absolute atomic E-state index is 11.7. The lowest BCUT2D eigenvalue weighted by atomic mass is 10.0. The summed E-state index contributed by atoms with van der Waals surface area (Å²) in [6.45, 7) is 7.36. The molecule has 0 spiro atoms. The lowest BCUT2D eigenvalue weighted by molar-refractivity contribution is -0.132. The standard InChI is InChI=1S/C14H25NO3/c1-4-6-8-15(9-7-5-2)11-10-14(3,18)13(17)12(11)16/h16,18H,4-10H2,1-3H3. The Morgan fingerprint density at radius 3 is 2.06 bits per heavy atom. The number of rotatable bonds is 7. The van der Waals surface area contributed by atoms with Crippen LogP contribution in [0, 0.1) is 0 Å². The molecular weight excluding hydrogens is 230 g/mol. The van der Waals surface area contributed by atoms with E-state index in [9.17, 15) is 15.0 Å². The number of aliphatic hydroxyl groups excluding tert-OH is 1. The fourth-order valence-electron chi connectivity index (χ4n) is 2.22. The van der Waals surface area contributed by atoms with Crippen LogP contribution in [0.5, 0.6) is 0 Å². The van der Waals surface area contributed by atoms with Gasteiger partial charge in [0.15, 0.2) is 5.76 Å². The van der Waals surface area contributed by atoms with E-state index < -0.39 is 11.4 Å². The number of carbonyl (C=O) groups is 1. The number of ketones is 1. The van der Waals surface area contributed by atoms with Crippen LogP contribution in [-0.2, 0) is 4.79 Å². The first-order valence-corrected chi connectivity index (χ1v) is 6.88. The Morgan fingerprint density at radius 1 is 1.22 bits per heavy atom. The predicted molar refractivity (Wildman–Crippen MR) is 71.3 cm³/mol. The third kappa shape index (κ3) is 3.25. The lowest BCUT2D eigenvalue weighted by Crippen LogP contribution is -2.32. The molecule has 1 unspecified atom stereocenters. The van der Waals surface area contributed by atoms with Crippen LogP contribution in [0.1, 0.15) is 52.9 Å². The number of Topliss-reactive ketones (excluding diaryl/α,β-unsaturated/α-hetero) is 1. The van der Waals surface area contributed by atoms with Gasteiger partial charge in [-0.3, -0.25) is 4.79 Å². The number of carbonyl (C=O) groups excluding carboxylic acids is 1. The molecule has 0 heterocycles.